The molecular formula is C13H18N6O3. The summed E-state index contributed by atoms with van der Waals surface area (Å²) in [6.07, 6.45) is 1.68. The minimum Gasteiger partial charge on any atom is -0.358 e. The second kappa shape index (κ2) is 6.37. The van der Waals surface area contributed by atoms with Gasteiger partial charge in [-0.05, 0) is 31.8 Å². The van der Waals surface area contributed by atoms with Crippen molar-refractivity contribution in [2.75, 3.05) is 0 Å². The Hall–Kier alpha value is -2.71. The van der Waals surface area contributed by atoms with E-state index in [4.69, 9.17) is 0 Å². The van der Waals surface area contributed by atoms with Gasteiger partial charge in [-0.25, -0.2) is 0 Å². The molecule has 0 aromatic carbocycles. The first-order valence-corrected chi connectivity index (χ1v) is 6.92. The van der Waals surface area contributed by atoms with Crippen LogP contribution in [0.4, 0.5) is 5.82 Å². The third-order valence-electron chi connectivity index (χ3n) is 3.32. The highest BCUT2D eigenvalue weighted by Gasteiger charge is 2.19. The van der Waals surface area contributed by atoms with Gasteiger partial charge in [-0.15, -0.1) is 0 Å². The number of carbonyl (C=O) groups is 1. The Bertz CT molecular complexity index is 690. The van der Waals surface area contributed by atoms with Crippen molar-refractivity contribution in [3.05, 3.63) is 39.8 Å². The van der Waals surface area contributed by atoms with Crippen LogP contribution in [0.5, 0.6) is 0 Å². The normalized spacial score (nSPS) is 12.1. The topological polar surface area (TPSA) is 108 Å². The number of aromatic nitrogens is 4. The molecule has 1 amide bonds. The van der Waals surface area contributed by atoms with Gasteiger partial charge in [0.05, 0.1) is 28.6 Å². The van der Waals surface area contributed by atoms with Gasteiger partial charge in [0.2, 0.25) is 5.91 Å². The van der Waals surface area contributed by atoms with Crippen molar-refractivity contribution in [2.45, 2.75) is 39.9 Å². The summed E-state index contributed by atoms with van der Waals surface area (Å²) in [4.78, 5) is 22.2. The lowest BCUT2D eigenvalue weighted by molar-refractivity contribution is -0.389. The fourth-order valence-electron chi connectivity index (χ4n) is 2.21. The summed E-state index contributed by atoms with van der Waals surface area (Å²) in [5.41, 5.74) is 1.46. The van der Waals surface area contributed by atoms with Crippen LogP contribution in [-0.2, 0) is 17.9 Å². The van der Waals surface area contributed by atoms with Gasteiger partial charge in [0, 0.05) is 12.7 Å². The number of amides is 1. The number of carbonyl (C=O) groups excluding carboxylic acids is 1. The van der Waals surface area contributed by atoms with Gasteiger partial charge in [-0.2, -0.15) is 9.78 Å². The fraction of sp³-hybridized carbons (Fsp3) is 0.462. The zero-order chi connectivity index (χ0) is 16.3. The first-order chi connectivity index (χ1) is 10.4. The van der Waals surface area contributed by atoms with E-state index in [9.17, 15) is 14.9 Å². The first-order valence-electron chi connectivity index (χ1n) is 6.92. The molecule has 0 aliphatic heterocycles. The van der Waals surface area contributed by atoms with Crippen LogP contribution in [-0.4, -0.2) is 30.4 Å². The Morgan fingerprint density at radius 3 is 2.82 bits per heavy atom. The second-order valence-corrected chi connectivity index (χ2v) is 4.92. The lowest BCUT2D eigenvalue weighted by atomic mass is 10.2. The molecule has 0 saturated carbocycles. The summed E-state index contributed by atoms with van der Waals surface area (Å²) in [6, 6.07) is 2.97. The highest BCUT2D eigenvalue weighted by Crippen LogP contribution is 2.13. The van der Waals surface area contributed by atoms with Gasteiger partial charge in [0.1, 0.15) is 6.54 Å². The van der Waals surface area contributed by atoms with Gasteiger partial charge in [-0.3, -0.25) is 9.48 Å². The van der Waals surface area contributed by atoms with Crippen LogP contribution in [0, 0.1) is 17.0 Å². The summed E-state index contributed by atoms with van der Waals surface area (Å²) in [5, 5.41) is 21.5. The molecular weight excluding hydrogens is 288 g/mol. The summed E-state index contributed by atoms with van der Waals surface area (Å²) in [6.45, 7) is 6.15. The van der Waals surface area contributed by atoms with E-state index in [1.165, 1.54) is 10.7 Å². The van der Waals surface area contributed by atoms with E-state index in [0.717, 1.165) is 5.69 Å². The Balaban J connectivity index is 2.02. The SMILES string of the molecule is CCn1nccc1C(C)NC(=O)Cn1nc([N+](=O)[O-])cc1C. The van der Waals surface area contributed by atoms with Crippen LogP contribution in [0.3, 0.4) is 0 Å². The van der Waals surface area contributed by atoms with Crippen molar-refractivity contribution in [2.24, 2.45) is 0 Å². The van der Waals surface area contributed by atoms with E-state index >= 15 is 0 Å². The number of rotatable bonds is 6. The Morgan fingerprint density at radius 2 is 2.23 bits per heavy atom. The minimum absolute atomic E-state index is 0.0652. The molecule has 2 heterocycles. The zero-order valence-electron chi connectivity index (χ0n) is 12.7. The van der Waals surface area contributed by atoms with Gasteiger partial charge < -0.3 is 15.4 Å². The first kappa shape index (κ1) is 15.7. The standard InChI is InChI=1S/C13H18N6O3/c1-4-17-11(5-6-14-17)10(3)15-13(20)8-18-9(2)7-12(16-18)19(21)22/h5-7,10H,4,8H2,1-3H3,(H,15,20). The molecule has 1 atom stereocenters. The molecule has 2 aromatic rings. The van der Waals surface area contributed by atoms with Gasteiger partial charge in [0.15, 0.2) is 0 Å². The summed E-state index contributed by atoms with van der Waals surface area (Å²) < 4.78 is 3.12. The molecule has 1 N–H and O–H groups in total. The third-order valence-corrected chi connectivity index (χ3v) is 3.32. The lowest BCUT2D eigenvalue weighted by Crippen LogP contribution is -2.31. The van der Waals surface area contributed by atoms with E-state index < -0.39 is 4.92 Å². The predicted molar refractivity (Wildman–Crippen MR) is 78.1 cm³/mol. The third kappa shape index (κ3) is 3.30. The molecule has 0 bridgehead atoms. The van der Waals surface area contributed by atoms with Crippen molar-refractivity contribution in [3.8, 4) is 0 Å². The number of nitrogens with zero attached hydrogens (tertiary/aromatic N) is 5. The molecule has 2 aromatic heterocycles. The van der Waals surface area contributed by atoms with Crippen molar-refractivity contribution in [3.63, 3.8) is 0 Å². The van der Waals surface area contributed by atoms with Crippen LogP contribution in [0.15, 0.2) is 18.3 Å². The quantitative estimate of drug-likeness (QED) is 0.637. The molecule has 9 heteroatoms. The van der Waals surface area contributed by atoms with Gasteiger partial charge in [-0.1, -0.05) is 0 Å². The Morgan fingerprint density at radius 1 is 1.50 bits per heavy atom. The maximum absolute atomic E-state index is 12.1. The van der Waals surface area contributed by atoms with E-state index in [2.05, 4.69) is 15.5 Å². The maximum Gasteiger partial charge on any atom is 0.390 e. The second-order valence-electron chi connectivity index (χ2n) is 4.92. The molecule has 0 spiro atoms. The summed E-state index contributed by atoms with van der Waals surface area (Å²) in [5.74, 6) is -0.528. The average Bonchev–Trinajstić information content (AvgIpc) is 3.05. The van der Waals surface area contributed by atoms with Gasteiger partial charge in [0.25, 0.3) is 0 Å². The largest absolute Gasteiger partial charge is 0.390 e. The van der Waals surface area contributed by atoms with E-state index in [0.29, 0.717) is 12.2 Å². The van der Waals surface area contributed by atoms with Crippen LogP contribution in [0.25, 0.3) is 0 Å². The smallest absolute Gasteiger partial charge is 0.358 e. The predicted octanol–water partition coefficient (Wildman–Crippen LogP) is 1.19. The fourth-order valence-corrected chi connectivity index (χ4v) is 2.21. The van der Waals surface area contributed by atoms with Crippen molar-refractivity contribution in [1.29, 1.82) is 0 Å². The van der Waals surface area contributed by atoms with Gasteiger partial charge >= 0.3 is 5.82 Å². The Labute approximate surface area is 127 Å². The average molecular weight is 306 g/mol. The van der Waals surface area contributed by atoms with E-state index in [1.807, 2.05) is 19.9 Å². The molecule has 0 radical (unpaired) electrons. The van der Waals surface area contributed by atoms with E-state index in [-0.39, 0.29) is 24.3 Å². The molecule has 118 valence electrons. The molecule has 0 saturated heterocycles. The summed E-state index contributed by atoms with van der Waals surface area (Å²) in [7, 11) is 0. The molecule has 1 unspecified atom stereocenters. The van der Waals surface area contributed by atoms with Crippen LogP contribution >= 0.6 is 0 Å². The number of nitrogens with one attached hydrogen (secondary N) is 1. The molecule has 22 heavy (non-hydrogen) atoms. The lowest BCUT2D eigenvalue weighted by Gasteiger charge is -2.15. The molecule has 9 nitrogen and oxygen atoms in total. The van der Waals surface area contributed by atoms with Crippen molar-refractivity contribution in [1.82, 2.24) is 24.9 Å². The highest BCUT2D eigenvalue weighted by atomic mass is 16.6. The van der Waals surface area contributed by atoms with Crippen molar-refractivity contribution < 1.29 is 9.72 Å². The molecule has 0 aliphatic rings. The van der Waals surface area contributed by atoms with E-state index in [1.54, 1.807) is 17.8 Å². The summed E-state index contributed by atoms with van der Waals surface area (Å²) >= 11 is 0. The highest BCUT2D eigenvalue weighted by molar-refractivity contribution is 5.76. The zero-order valence-corrected chi connectivity index (χ0v) is 12.7. The number of aryl methyl sites for hydroxylation is 2. The molecule has 0 aliphatic carbocycles. The number of hydrogen-bond donors (Lipinski definition) is 1. The monoisotopic (exact) mass is 306 g/mol. The van der Waals surface area contributed by atoms with Crippen LogP contribution in [0.2, 0.25) is 0 Å². The maximum atomic E-state index is 12.1. The Kier molecular flexibility index (Phi) is 4.54. The minimum atomic E-state index is -0.580. The number of nitro groups is 1. The molecule has 0 fully saturated rings. The van der Waals surface area contributed by atoms with Crippen LogP contribution in [0.1, 0.15) is 31.3 Å². The number of hydrogen-bond acceptors (Lipinski definition) is 5. The molecule has 2 rings (SSSR count). The van der Waals surface area contributed by atoms with Crippen molar-refractivity contribution >= 4 is 11.7 Å². The van der Waals surface area contributed by atoms with Crippen LogP contribution < -0.4 is 5.32 Å².